The summed E-state index contributed by atoms with van der Waals surface area (Å²) in [6.07, 6.45) is 2.89. The van der Waals surface area contributed by atoms with Gasteiger partial charge in [0.25, 0.3) is 0 Å². The molecule has 0 aromatic carbocycles. The highest BCUT2D eigenvalue weighted by Crippen LogP contribution is 2.00. The number of rotatable bonds is 6. The van der Waals surface area contributed by atoms with Gasteiger partial charge in [0.1, 0.15) is 6.04 Å². The van der Waals surface area contributed by atoms with E-state index in [9.17, 15) is 9.59 Å². The average molecular weight is 192 g/mol. The third-order valence-electron chi connectivity index (χ3n) is 1.28. The number of hydrogen-bond donors (Lipinski definition) is 2. The maximum absolute atomic E-state index is 10.8. The molecule has 0 saturated carbocycles. The van der Waals surface area contributed by atoms with Gasteiger partial charge in [0.05, 0.1) is 0 Å². The number of nitrogens with two attached hydrogens (primary N) is 1. The second kappa shape index (κ2) is 6.93. The lowest BCUT2D eigenvalue weighted by Gasteiger charge is -2.11. The number of carbonyl (C=O) groups excluding carboxylic acids is 2. The summed E-state index contributed by atoms with van der Waals surface area (Å²) in [6, 6.07) is -0.625. The van der Waals surface area contributed by atoms with Crippen LogP contribution in [0.4, 0.5) is 0 Å². The molecule has 1 atom stereocenters. The normalized spacial score (nSPS) is 11.8. The molecule has 0 heterocycles. The van der Waals surface area contributed by atoms with Crippen LogP contribution >= 0.6 is 11.8 Å². The van der Waals surface area contributed by atoms with E-state index in [1.54, 1.807) is 11.8 Å². The number of nitrogens with one attached hydrogen (secondary N) is 1. The molecule has 0 aliphatic heterocycles. The van der Waals surface area contributed by atoms with Crippen LogP contribution in [0.3, 0.4) is 0 Å². The van der Waals surface area contributed by atoms with Crippen molar-refractivity contribution < 1.29 is 14.4 Å². The van der Waals surface area contributed by atoms with Gasteiger partial charge in [-0.1, -0.05) is 0 Å². The van der Waals surface area contributed by atoms with E-state index in [4.69, 9.17) is 0 Å². The van der Waals surface area contributed by atoms with Crippen LogP contribution in [0.5, 0.6) is 0 Å². The lowest BCUT2D eigenvalue weighted by atomic mass is 10.2. The van der Waals surface area contributed by atoms with Gasteiger partial charge in [0.15, 0.2) is 0 Å². The number of carbonyl (C=O) groups is 2. The molecule has 12 heavy (non-hydrogen) atoms. The van der Waals surface area contributed by atoms with E-state index in [1.807, 2.05) is 6.26 Å². The summed E-state index contributed by atoms with van der Waals surface area (Å²) in [5.74, 6) is 4.81. The van der Waals surface area contributed by atoms with Crippen molar-refractivity contribution in [1.82, 2.24) is 5.32 Å². The predicted octanol–water partition coefficient (Wildman–Crippen LogP) is -0.729. The molecule has 0 radical (unpaired) electrons. The van der Waals surface area contributed by atoms with E-state index in [2.05, 4.69) is 16.1 Å². The van der Waals surface area contributed by atoms with Gasteiger partial charge in [-0.05, 0) is 18.4 Å². The molecule has 0 bridgehead atoms. The molecule has 0 saturated heterocycles. The number of amides is 1. The van der Waals surface area contributed by atoms with E-state index < -0.39 is 12.0 Å². The lowest BCUT2D eigenvalue weighted by Crippen LogP contribution is -2.38. The minimum Gasteiger partial charge on any atom is -0.372 e. The molecule has 0 rings (SSSR count). The molecule has 0 fully saturated rings. The highest BCUT2D eigenvalue weighted by molar-refractivity contribution is 7.98. The molecular weight excluding hydrogens is 180 g/mol. The van der Waals surface area contributed by atoms with Crippen LogP contribution in [0.2, 0.25) is 0 Å². The molecule has 5 nitrogen and oxygen atoms in total. The largest absolute Gasteiger partial charge is 0.372 e. The van der Waals surface area contributed by atoms with Crippen LogP contribution in [0, 0.1) is 0 Å². The van der Waals surface area contributed by atoms with E-state index in [-0.39, 0.29) is 0 Å². The van der Waals surface area contributed by atoms with E-state index in [0.29, 0.717) is 12.8 Å². The Kier molecular flexibility index (Phi) is 6.50. The van der Waals surface area contributed by atoms with Gasteiger partial charge in [-0.25, -0.2) is 4.79 Å². The average Bonchev–Trinajstić information content (AvgIpc) is 2.11. The van der Waals surface area contributed by atoms with E-state index in [0.717, 1.165) is 5.75 Å². The van der Waals surface area contributed by atoms with Crippen LogP contribution in [0.25, 0.3) is 0 Å². The Morgan fingerprint density at radius 2 is 2.50 bits per heavy atom. The molecule has 1 amide bonds. The lowest BCUT2D eigenvalue weighted by molar-refractivity contribution is -0.147. The van der Waals surface area contributed by atoms with Crippen LogP contribution in [0.1, 0.15) is 6.42 Å². The van der Waals surface area contributed by atoms with Gasteiger partial charge in [-0.3, -0.25) is 4.79 Å². The molecule has 0 unspecified atom stereocenters. The van der Waals surface area contributed by atoms with Crippen molar-refractivity contribution >= 4 is 24.1 Å². The summed E-state index contributed by atoms with van der Waals surface area (Å²) < 4.78 is 0. The van der Waals surface area contributed by atoms with Crippen molar-refractivity contribution in [2.45, 2.75) is 12.5 Å². The fourth-order valence-electron chi connectivity index (χ4n) is 0.669. The van der Waals surface area contributed by atoms with Crippen molar-refractivity contribution in [1.29, 1.82) is 0 Å². The second-order valence-corrected chi connectivity index (χ2v) is 3.04. The second-order valence-electron chi connectivity index (χ2n) is 2.06. The Bertz CT molecular complexity index is 154. The summed E-state index contributed by atoms with van der Waals surface area (Å²) >= 11 is 1.58. The maximum Gasteiger partial charge on any atom is 0.347 e. The molecule has 0 aliphatic rings. The van der Waals surface area contributed by atoms with Crippen molar-refractivity contribution in [3.05, 3.63) is 0 Å². The van der Waals surface area contributed by atoms with Crippen LogP contribution in [-0.2, 0) is 14.4 Å². The van der Waals surface area contributed by atoms with Crippen LogP contribution in [0.15, 0.2) is 0 Å². The summed E-state index contributed by atoms with van der Waals surface area (Å²) in [7, 11) is 0. The van der Waals surface area contributed by atoms with E-state index in [1.165, 1.54) is 0 Å². The van der Waals surface area contributed by atoms with Gasteiger partial charge < -0.3 is 10.2 Å². The fourth-order valence-corrected chi connectivity index (χ4v) is 1.14. The van der Waals surface area contributed by atoms with Gasteiger partial charge in [0, 0.05) is 0 Å². The Morgan fingerprint density at radius 3 is 2.92 bits per heavy atom. The summed E-state index contributed by atoms with van der Waals surface area (Å²) in [5, 5.41) is 2.32. The molecule has 70 valence electrons. The standard InChI is InChI=1S/C6H12N2O3S/c1-12-3-2-5(8-4-9)6(10)11-7/h4-5H,2-3,7H2,1H3,(H,8,9)/t5-/m0/s1. The van der Waals surface area contributed by atoms with E-state index >= 15 is 0 Å². The third kappa shape index (κ3) is 4.20. The first-order valence-corrected chi connectivity index (χ1v) is 4.74. The monoisotopic (exact) mass is 192 g/mol. The highest BCUT2D eigenvalue weighted by Gasteiger charge is 2.17. The zero-order chi connectivity index (χ0) is 9.40. The molecule has 0 spiro atoms. The molecule has 0 aliphatic carbocycles. The summed E-state index contributed by atoms with van der Waals surface area (Å²) in [4.78, 5) is 24.9. The van der Waals surface area contributed by atoms with Gasteiger partial charge in [0.2, 0.25) is 6.41 Å². The molecule has 0 aromatic rings. The van der Waals surface area contributed by atoms with Gasteiger partial charge >= 0.3 is 5.97 Å². The number of hydrogen-bond acceptors (Lipinski definition) is 5. The highest BCUT2D eigenvalue weighted by atomic mass is 32.2. The molecule has 6 heteroatoms. The Labute approximate surface area is 75.0 Å². The SMILES string of the molecule is CSCC[C@H](NC=O)C(=O)ON. The first kappa shape index (κ1) is 11.2. The third-order valence-corrected chi connectivity index (χ3v) is 1.92. The van der Waals surface area contributed by atoms with Gasteiger partial charge in [-0.2, -0.15) is 17.7 Å². The van der Waals surface area contributed by atoms with Crippen molar-refractivity contribution in [3.63, 3.8) is 0 Å². The Hall–Kier alpha value is -0.750. The Morgan fingerprint density at radius 1 is 1.83 bits per heavy atom. The summed E-state index contributed by atoms with van der Waals surface area (Å²) in [5.41, 5.74) is 0. The van der Waals surface area contributed by atoms with Crippen molar-refractivity contribution in [2.75, 3.05) is 12.0 Å². The van der Waals surface area contributed by atoms with Crippen molar-refractivity contribution in [3.8, 4) is 0 Å². The minimum atomic E-state index is -0.625. The molecular formula is C6H12N2O3S. The smallest absolute Gasteiger partial charge is 0.347 e. The van der Waals surface area contributed by atoms with Crippen LogP contribution in [-0.4, -0.2) is 30.4 Å². The Balaban J connectivity index is 3.84. The first-order valence-electron chi connectivity index (χ1n) is 3.35. The minimum absolute atomic E-state index is 0.460. The predicted molar refractivity (Wildman–Crippen MR) is 46.3 cm³/mol. The zero-order valence-corrected chi connectivity index (χ0v) is 7.60. The van der Waals surface area contributed by atoms with Gasteiger partial charge in [-0.15, -0.1) is 0 Å². The van der Waals surface area contributed by atoms with Crippen LogP contribution < -0.4 is 11.2 Å². The fraction of sp³-hybridized carbons (Fsp3) is 0.667. The number of thioether (sulfide) groups is 1. The molecule has 3 N–H and O–H groups in total. The zero-order valence-electron chi connectivity index (χ0n) is 6.78. The topological polar surface area (TPSA) is 81.4 Å². The first-order chi connectivity index (χ1) is 5.76. The van der Waals surface area contributed by atoms with Crippen molar-refractivity contribution in [2.24, 2.45) is 5.90 Å². The maximum atomic E-state index is 10.8. The quantitative estimate of drug-likeness (QED) is 0.428. The molecule has 0 aromatic heterocycles. The summed E-state index contributed by atoms with van der Waals surface area (Å²) in [6.45, 7) is 0.